The Kier molecular flexibility index (Phi) is 7.12. The molecule has 186 valence electrons. The third kappa shape index (κ3) is 5.04. The van der Waals surface area contributed by atoms with Gasteiger partial charge in [-0.15, -0.1) is 0 Å². The highest BCUT2D eigenvalue weighted by Crippen LogP contribution is 2.38. The maximum atomic E-state index is 11.9. The molecule has 2 heterocycles. The number of carbonyl (C=O) groups excluding carboxylic acids is 1. The van der Waals surface area contributed by atoms with E-state index in [0.29, 0.717) is 35.8 Å². The summed E-state index contributed by atoms with van der Waals surface area (Å²) < 4.78 is 6.07. The summed E-state index contributed by atoms with van der Waals surface area (Å²) in [5.74, 6) is 5.10. The molecule has 0 atom stereocenters. The number of ether oxygens (including phenoxy) is 1. The molecule has 2 aliphatic rings. The average molecular weight is 505 g/mol. The molecule has 3 aromatic carbocycles. The number of likely N-dealkylation sites (tertiary alicyclic amines) is 1. The monoisotopic (exact) mass is 504 g/mol. The molecule has 0 aliphatic carbocycles. The van der Waals surface area contributed by atoms with Gasteiger partial charge in [-0.1, -0.05) is 54.1 Å². The summed E-state index contributed by atoms with van der Waals surface area (Å²) in [7, 11) is 0. The van der Waals surface area contributed by atoms with Crippen molar-refractivity contribution < 1.29 is 19.5 Å². The molecule has 7 heteroatoms. The number of piperidine rings is 1. The fourth-order valence-electron chi connectivity index (χ4n) is 5.08. The van der Waals surface area contributed by atoms with Crippen LogP contribution in [0, 0.1) is 0 Å². The van der Waals surface area contributed by atoms with E-state index < -0.39 is 11.6 Å². The average Bonchev–Trinajstić information content (AvgIpc) is 3.06. The fourth-order valence-corrected chi connectivity index (χ4v) is 5.20. The van der Waals surface area contributed by atoms with E-state index in [1.54, 1.807) is 12.1 Å². The molecule has 0 aromatic heterocycles. The van der Waals surface area contributed by atoms with E-state index in [1.165, 1.54) is 0 Å². The third-order valence-electron chi connectivity index (χ3n) is 7.16. The van der Waals surface area contributed by atoms with Crippen molar-refractivity contribution in [3.63, 3.8) is 0 Å². The van der Waals surface area contributed by atoms with Crippen molar-refractivity contribution in [1.82, 2.24) is 4.90 Å². The van der Waals surface area contributed by atoms with Crippen LogP contribution in [0.3, 0.4) is 0 Å². The SMILES string of the molecule is NOC(=O)c1ccc2c(c1)OCc1ccccc1C2=CCCN1CCC(O)(c2ccc(Cl)cc2)CC1. The number of benzene rings is 3. The summed E-state index contributed by atoms with van der Waals surface area (Å²) in [5, 5.41) is 11.8. The predicted molar refractivity (Wildman–Crippen MR) is 140 cm³/mol. The van der Waals surface area contributed by atoms with Gasteiger partial charge in [0.1, 0.15) is 12.4 Å². The summed E-state index contributed by atoms with van der Waals surface area (Å²) in [5.41, 5.74) is 4.71. The first kappa shape index (κ1) is 24.5. The predicted octanol–water partition coefficient (Wildman–Crippen LogP) is 5.07. The number of aliphatic hydroxyl groups is 1. The van der Waals surface area contributed by atoms with Gasteiger partial charge in [0.25, 0.3) is 0 Å². The third-order valence-corrected chi connectivity index (χ3v) is 7.42. The molecular formula is C29H29ClN2O4. The standard InChI is InChI=1S/C29H29ClN2O4/c30-23-10-8-22(9-11-23)29(34)13-16-32(17-14-29)15-3-6-25-24-5-2-1-4-21(24)19-35-27-18-20(28(33)36-31)7-12-26(25)27/h1-2,4-12,18,34H,3,13-17,19,31H2. The molecule has 2 aliphatic heterocycles. The smallest absolute Gasteiger partial charge is 0.356 e. The van der Waals surface area contributed by atoms with Crippen LogP contribution >= 0.6 is 11.6 Å². The van der Waals surface area contributed by atoms with E-state index in [9.17, 15) is 9.90 Å². The maximum Gasteiger partial charge on any atom is 0.356 e. The molecule has 0 amide bonds. The number of hydrogen-bond acceptors (Lipinski definition) is 6. The van der Waals surface area contributed by atoms with E-state index in [1.807, 2.05) is 42.5 Å². The Labute approximate surface area is 215 Å². The minimum Gasteiger partial charge on any atom is -0.488 e. The quantitative estimate of drug-likeness (QED) is 0.472. The second-order valence-electron chi connectivity index (χ2n) is 9.35. The molecule has 0 unspecified atom stereocenters. The number of carbonyl (C=O) groups is 1. The van der Waals surface area contributed by atoms with Crippen molar-refractivity contribution in [3.8, 4) is 5.75 Å². The van der Waals surface area contributed by atoms with E-state index in [-0.39, 0.29) is 0 Å². The van der Waals surface area contributed by atoms with Crippen molar-refractivity contribution in [1.29, 1.82) is 0 Å². The van der Waals surface area contributed by atoms with Crippen molar-refractivity contribution in [2.24, 2.45) is 5.90 Å². The first-order valence-electron chi connectivity index (χ1n) is 12.1. The number of nitrogens with two attached hydrogens (primary N) is 1. The lowest BCUT2D eigenvalue weighted by atomic mass is 9.84. The van der Waals surface area contributed by atoms with Crippen LogP contribution in [0.5, 0.6) is 5.75 Å². The summed E-state index contributed by atoms with van der Waals surface area (Å²) in [4.78, 5) is 18.7. The molecule has 3 N–H and O–H groups in total. The molecular weight excluding hydrogens is 476 g/mol. The lowest BCUT2D eigenvalue weighted by molar-refractivity contribution is -0.0254. The van der Waals surface area contributed by atoms with Crippen LogP contribution in [0.2, 0.25) is 5.02 Å². The normalized spacial score (nSPS) is 18.0. The highest BCUT2D eigenvalue weighted by Gasteiger charge is 2.33. The van der Waals surface area contributed by atoms with Gasteiger partial charge < -0.3 is 19.6 Å². The summed E-state index contributed by atoms with van der Waals surface area (Å²) >= 11 is 6.01. The Morgan fingerprint density at radius 3 is 2.58 bits per heavy atom. The molecule has 1 saturated heterocycles. The minimum absolute atomic E-state index is 0.350. The van der Waals surface area contributed by atoms with Gasteiger partial charge >= 0.3 is 5.97 Å². The van der Waals surface area contributed by atoms with Gasteiger partial charge in [0.15, 0.2) is 0 Å². The molecule has 5 rings (SSSR count). The Morgan fingerprint density at radius 1 is 1.08 bits per heavy atom. The van der Waals surface area contributed by atoms with Crippen LogP contribution in [-0.2, 0) is 17.0 Å². The van der Waals surface area contributed by atoms with Crippen LogP contribution in [0.15, 0.2) is 72.8 Å². The summed E-state index contributed by atoms with van der Waals surface area (Å²) in [6.45, 7) is 2.94. The summed E-state index contributed by atoms with van der Waals surface area (Å²) in [6.07, 6.45) is 4.46. The van der Waals surface area contributed by atoms with Gasteiger partial charge in [-0.2, -0.15) is 5.90 Å². The lowest BCUT2D eigenvalue weighted by Gasteiger charge is -2.38. The van der Waals surface area contributed by atoms with Crippen LogP contribution in [0.25, 0.3) is 5.57 Å². The largest absolute Gasteiger partial charge is 0.488 e. The zero-order valence-electron chi connectivity index (χ0n) is 20.0. The molecule has 1 fully saturated rings. The molecule has 0 spiro atoms. The molecule has 0 saturated carbocycles. The molecule has 3 aromatic rings. The van der Waals surface area contributed by atoms with E-state index in [0.717, 1.165) is 53.9 Å². The van der Waals surface area contributed by atoms with Gasteiger partial charge in [0.05, 0.1) is 11.2 Å². The van der Waals surface area contributed by atoms with Crippen LogP contribution < -0.4 is 10.6 Å². The minimum atomic E-state index is -0.807. The van der Waals surface area contributed by atoms with E-state index >= 15 is 0 Å². The first-order chi connectivity index (χ1) is 17.5. The highest BCUT2D eigenvalue weighted by molar-refractivity contribution is 6.30. The van der Waals surface area contributed by atoms with Gasteiger partial charge in [-0.3, -0.25) is 0 Å². The topological polar surface area (TPSA) is 85.0 Å². The number of hydrogen-bond donors (Lipinski definition) is 2. The molecule has 36 heavy (non-hydrogen) atoms. The fraction of sp³-hybridized carbons (Fsp3) is 0.276. The van der Waals surface area contributed by atoms with Crippen molar-refractivity contribution in [2.45, 2.75) is 31.5 Å². The van der Waals surface area contributed by atoms with Crippen LogP contribution in [0.4, 0.5) is 0 Å². The lowest BCUT2D eigenvalue weighted by Crippen LogP contribution is -2.42. The molecule has 0 bridgehead atoms. The van der Waals surface area contributed by atoms with Gasteiger partial charge in [0, 0.05) is 30.2 Å². The number of nitrogens with zero attached hydrogens (tertiary/aromatic N) is 1. The van der Waals surface area contributed by atoms with E-state index in [2.05, 4.69) is 27.9 Å². The zero-order chi connectivity index (χ0) is 25.1. The van der Waals surface area contributed by atoms with Crippen molar-refractivity contribution >= 4 is 23.1 Å². The van der Waals surface area contributed by atoms with Gasteiger partial charge in [0.2, 0.25) is 0 Å². The molecule has 6 nitrogen and oxygen atoms in total. The number of halogens is 1. The maximum absolute atomic E-state index is 11.9. The number of rotatable bonds is 5. The van der Waals surface area contributed by atoms with Crippen molar-refractivity contribution in [2.75, 3.05) is 19.6 Å². The Bertz CT molecular complexity index is 1280. The summed E-state index contributed by atoms with van der Waals surface area (Å²) in [6, 6.07) is 21.0. The molecule has 0 radical (unpaired) electrons. The second kappa shape index (κ2) is 10.4. The van der Waals surface area contributed by atoms with Crippen LogP contribution in [-0.4, -0.2) is 35.6 Å². The first-order valence-corrected chi connectivity index (χ1v) is 12.5. The zero-order valence-corrected chi connectivity index (χ0v) is 20.7. The van der Waals surface area contributed by atoms with Crippen molar-refractivity contribution in [3.05, 3.63) is 106 Å². The van der Waals surface area contributed by atoms with Gasteiger partial charge in [-0.05, 0) is 71.9 Å². The Balaban J connectivity index is 1.32. The second-order valence-corrected chi connectivity index (χ2v) is 9.79. The Hall–Kier alpha value is -3.16. The van der Waals surface area contributed by atoms with Gasteiger partial charge in [-0.25, -0.2) is 4.79 Å². The van der Waals surface area contributed by atoms with Crippen LogP contribution in [0.1, 0.15) is 51.9 Å². The van der Waals surface area contributed by atoms with E-state index in [4.69, 9.17) is 22.2 Å². The highest BCUT2D eigenvalue weighted by atomic mass is 35.5. The number of fused-ring (bicyclic) bond motifs is 2. The Morgan fingerprint density at radius 2 is 1.83 bits per heavy atom.